The van der Waals surface area contributed by atoms with Gasteiger partial charge in [-0.1, -0.05) is 15.9 Å². The van der Waals surface area contributed by atoms with Crippen molar-refractivity contribution in [1.82, 2.24) is 14.9 Å². The number of alkyl carbamates (subject to hydrolysis) is 1. The van der Waals surface area contributed by atoms with E-state index in [0.29, 0.717) is 19.6 Å². The molecule has 0 aliphatic carbocycles. The van der Waals surface area contributed by atoms with E-state index in [1.807, 2.05) is 45.9 Å². The van der Waals surface area contributed by atoms with E-state index in [1.165, 1.54) is 9.21 Å². The summed E-state index contributed by atoms with van der Waals surface area (Å²) in [5.41, 5.74) is 1.45. The van der Waals surface area contributed by atoms with Crippen molar-refractivity contribution in [3.8, 4) is 0 Å². The van der Waals surface area contributed by atoms with Gasteiger partial charge in [0, 0.05) is 44.7 Å². The molecule has 0 radical (unpaired) electrons. The number of nitrogens with zero attached hydrogens (tertiary/aromatic N) is 2. The van der Waals surface area contributed by atoms with Gasteiger partial charge < -0.3 is 18.8 Å². The summed E-state index contributed by atoms with van der Waals surface area (Å²) in [5.74, 6) is 0.906. The first-order chi connectivity index (χ1) is 12.2. The molecule has 6 nitrogen and oxygen atoms in total. The van der Waals surface area contributed by atoms with Gasteiger partial charge in [0.05, 0.1) is 26.9 Å². The Morgan fingerprint density at radius 1 is 1.46 bits per heavy atom. The number of ether oxygens (including phenoxy) is 1. The molecule has 1 aromatic heterocycles. The molecule has 0 saturated carbocycles. The lowest BCUT2D eigenvalue weighted by Crippen LogP contribution is -2.39. The van der Waals surface area contributed by atoms with E-state index in [2.05, 4.69) is 47.0 Å². The first-order valence-electron chi connectivity index (χ1n) is 8.24. The molecule has 1 N–H and O–H groups in total. The molecule has 1 amide bonds. The molecule has 0 saturated heterocycles. The molecule has 0 fully saturated rings. The summed E-state index contributed by atoms with van der Waals surface area (Å²) in [6.45, 7) is 8.76. The second-order valence-electron chi connectivity index (χ2n) is 6.95. The van der Waals surface area contributed by atoms with Gasteiger partial charge in [-0.15, -0.1) is 0 Å². The smallest absolute Gasteiger partial charge is 0.407 e. The fourth-order valence-electron chi connectivity index (χ4n) is 2.55. The van der Waals surface area contributed by atoms with Crippen LogP contribution in [0.1, 0.15) is 33.5 Å². The van der Waals surface area contributed by atoms with Gasteiger partial charge in [-0.2, -0.15) is 0 Å². The van der Waals surface area contributed by atoms with Crippen molar-refractivity contribution < 1.29 is 13.7 Å². The third-order valence-electron chi connectivity index (χ3n) is 3.48. The molecule has 144 valence electrons. The average molecular weight is 556 g/mol. The van der Waals surface area contributed by atoms with Gasteiger partial charge in [0.15, 0.2) is 0 Å². The normalized spacial score (nSPS) is 13.0. The molecule has 1 unspecified atom stereocenters. The number of carbonyl (C=O) groups excluding carboxylic acids is 1. The van der Waals surface area contributed by atoms with E-state index in [9.17, 15) is 4.79 Å². The molecule has 0 bridgehead atoms. The number of nitrogens with one attached hydrogen (secondary N) is 1. The van der Waals surface area contributed by atoms with Crippen molar-refractivity contribution in [2.75, 3.05) is 6.61 Å². The Morgan fingerprint density at radius 2 is 2.19 bits per heavy atom. The van der Waals surface area contributed by atoms with Crippen LogP contribution in [0.5, 0.6) is 0 Å². The Morgan fingerprint density at radius 3 is 2.85 bits per heavy atom. The minimum absolute atomic E-state index is 0.108. The highest BCUT2D eigenvalue weighted by Crippen LogP contribution is 2.22. The number of imidazole rings is 1. The van der Waals surface area contributed by atoms with E-state index in [0.717, 1.165) is 21.3 Å². The zero-order valence-electron chi connectivity index (χ0n) is 15.2. The van der Waals surface area contributed by atoms with Crippen LogP contribution in [0.4, 0.5) is 4.79 Å². The number of rotatable bonds is 7. The van der Waals surface area contributed by atoms with Crippen molar-refractivity contribution in [3.63, 3.8) is 0 Å². The SMILES string of the molecule is CC(Cc1nc2cc(Br)ccc2n1CCOSI)NC(=O)OC(C)(C)C. The Kier molecular flexibility index (Phi) is 8.05. The molecule has 9 heteroatoms. The van der Waals surface area contributed by atoms with Crippen molar-refractivity contribution >= 4 is 63.5 Å². The summed E-state index contributed by atoms with van der Waals surface area (Å²) >= 11 is 5.60. The molecule has 0 spiro atoms. The van der Waals surface area contributed by atoms with E-state index in [-0.39, 0.29) is 6.04 Å². The minimum atomic E-state index is -0.516. The van der Waals surface area contributed by atoms with Crippen LogP contribution in [0.25, 0.3) is 11.0 Å². The third kappa shape index (κ3) is 6.58. The molecule has 2 rings (SSSR count). The first-order valence-corrected chi connectivity index (χ1v) is 12.3. The van der Waals surface area contributed by atoms with E-state index in [1.54, 1.807) is 0 Å². The maximum absolute atomic E-state index is 12.0. The maximum atomic E-state index is 12.0. The number of aromatic nitrogens is 2. The molecule has 1 aromatic carbocycles. The van der Waals surface area contributed by atoms with Crippen LogP contribution in [0.3, 0.4) is 0 Å². The number of hydrogen-bond acceptors (Lipinski definition) is 5. The number of carbonyl (C=O) groups is 1. The van der Waals surface area contributed by atoms with Crippen molar-refractivity contribution in [3.05, 3.63) is 28.5 Å². The van der Waals surface area contributed by atoms with Gasteiger partial charge in [0.1, 0.15) is 11.4 Å². The topological polar surface area (TPSA) is 65.4 Å². The van der Waals surface area contributed by atoms with Gasteiger partial charge in [-0.05, 0) is 45.9 Å². The summed E-state index contributed by atoms with van der Waals surface area (Å²) in [6, 6.07) is 5.93. The molecule has 0 aliphatic heterocycles. The molecule has 0 aliphatic rings. The number of hydrogen-bond donors (Lipinski definition) is 1. The molecule has 1 atom stereocenters. The summed E-state index contributed by atoms with van der Waals surface area (Å²) in [6.07, 6.45) is 0.183. The zero-order valence-corrected chi connectivity index (χ0v) is 19.8. The predicted octanol–water partition coefficient (Wildman–Crippen LogP) is 5.27. The van der Waals surface area contributed by atoms with Crippen LogP contribution < -0.4 is 5.32 Å². The molecule has 1 heterocycles. The summed E-state index contributed by atoms with van der Waals surface area (Å²) in [7, 11) is 1.32. The minimum Gasteiger partial charge on any atom is -0.444 e. The summed E-state index contributed by atoms with van der Waals surface area (Å²) in [5, 5.41) is 2.87. The van der Waals surface area contributed by atoms with Crippen molar-refractivity contribution in [1.29, 1.82) is 0 Å². The number of halogens is 2. The lowest BCUT2D eigenvalue weighted by molar-refractivity contribution is 0.0508. The van der Waals surface area contributed by atoms with Crippen molar-refractivity contribution in [2.45, 2.75) is 52.3 Å². The quantitative estimate of drug-likeness (QED) is 0.286. The molecular formula is C17H23BrIN3O3S. The average Bonchev–Trinajstić information content (AvgIpc) is 2.81. The highest BCUT2D eigenvalue weighted by molar-refractivity contribution is 14.2. The van der Waals surface area contributed by atoms with Crippen LogP contribution in [0.15, 0.2) is 22.7 Å². The van der Waals surface area contributed by atoms with Gasteiger partial charge in [0.2, 0.25) is 0 Å². The number of fused-ring (bicyclic) bond motifs is 1. The summed E-state index contributed by atoms with van der Waals surface area (Å²) in [4.78, 5) is 16.7. The summed E-state index contributed by atoms with van der Waals surface area (Å²) < 4.78 is 13.9. The Bertz CT molecular complexity index is 764. The lowest BCUT2D eigenvalue weighted by atomic mass is 10.2. The van der Waals surface area contributed by atoms with Gasteiger partial charge in [-0.3, -0.25) is 0 Å². The first kappa shape index (κ1) is 21.8. The Labute approximate surface area is 178 Å². The second kappa shape index (κ2) is 9.61. The largest absolute Gasteiger partial charge is 0.444 e. The van der Waals surface area contributed by atoms with Crippen molar-refractivity contribution in [2.24, 2.45) is 0 Å². The van der Waals surface area contributed by atoms with E-state index in [4.69, 9.17) is 13.9 Å². The van der Waals surface area contributed by atoms with Gasteiger partial charge in [-0.25, -0.2) is 9.78 Å². The van der Waals surface area contributed by atoms with Gasteiger partial charge >= 0.3 is 6.09 Å². The van der Waals surface area contributed by atoms with Crippen LogP contribution >= 0.6 is 46.3 Å². The molecule has 2 aromatic rings. The number of amides is 1. The molecular weight excluding hydrogens is 533 g/mol. The van der Waals surface area contributed by atoms with Crippen LogP contribution in [0, 0.1) is 0 Å². The highest BCUT2D eigenvalue weighted by Gasteiger charge is 2.19. The second-order valence-corrected chi connectivity index (χ2v) is 9.31. The van der Waals surface area contributed by atoms with Crippen LogP contribution in [-0.4, -0.2) is 33.9 Å². The van der Waals surface area contributed by atoms with Crippen LogP contribution in [0.2, 0.25) is 0 Å². The Hall–Kier alpha value is -0.520. The standard InChI is InChI=1S/C17H23BrIN3O3S/c1-11(20-16(23)25-17(2,3)4)9-15-21-13-10-12(18)5-6-14(13)22(15)7-8-24-26-19/h5-6,10-11H,7-9H2,1-4H3,(H,20,23). The van der Waals surface area contributed by atoms with E-state index < -0.39 is 11.7 Å². The zero-order chi connectivity index (χ0) is 19.3. The Balaban J connectivity index is 2.16. The van der Waals surface area contributed by atoms with Gasteiger partial charge in [0.25, 0.3) is 0 Å². The molecule has 26 heavy (non-hydrogen) atoms. The predicted molar refractivity (Wildman–Crippen MR) is 118 cm³/mol. The van der Waals surface area contributed by atoms with Crippen LogP contribution in [-0.2, 0) is 21.9 Å². The third-order valence-corrected chi connectivity index (χ3v) is 5.00. The number of benzene rings is 1. The maximum Gasteiger partial charge on any atom is 0.407 e. The van der Waals surface area contributed by atoms with E-state index >= 15 is 0 Å². The fraction of sp³-hybridized carbons (Fsp3) is 0.529. The highest BCUT2D eigenvalue weighted by atomic mass is 127. The monoisotopic (exact) mass is 555 g/mol. The fourth-order valence-corrected chi connectivity index (χ4v) is 3.58. The lowest BCUT2D eigenvalue weighted by Gasteiger charge is -2.22.